The molecular weight excluding hydrogens is 452 g/mol. The van der Waals surface area contributed by atoms with E-state index < -0.39 is 9.84 Å². The molecule has 0 aliphatic heterocycles. The van der Waals surface area contributed by atoms with Crippen LogP contribution < -0.4 is 0 Å². The monoisotopic (exact) mass is 469 g/mol. The maximum atomic E-state index is 12.6. The van der Waals surface area contributed by atoms with Crippen LogP contribution in [0, 0.1) is 12.8 Å². The molecule has 0 bridgehead atoms. The van der Waals surface area contributed by atoms with Crippen LogP contribution in [0.2, 0.25) is 0 Å². The highest BCUT2D eigenvalue weighted by Gasteiger charge is 2.43. The molecule has 120 valence electrons. The quantitative estimate of drug-likeness (QED) is 0.478. The zero-order chi connectivity index (χ0) is 16.0. The summed E-state index contributed by atoms with van der Waals surface area (Å²) in [6.07, 6.45) is 1.62. The molecule has 8 heteroatoms. The van der Waals surface area contributed by atoms with Gasteiger partial charge in [-0.1, -0.05) is 6.07 Å². The van der Waals surface area contributed by atoms with Crippen molar-refractivity contribution in [3.8, 4) is 0 Å². The Kier molecular flexibility index (Phi) is 4.83. The fourth-order valence-corrected chi connectivity index (χ4v) is 7.94. The van der Waals surface area contributed by atoms with E-state index in [1.165, 1.54) is 11.3 Å². The summed E-state index contributed by atoms with van der Waals surface area (Å²) >= 11 is 3.48. The molecule has 1 aliphatic carbocycles. The fourth-order valence-electron chi connectivity index (χ4n) is 2.98. The normalized spacial score (nSPS) is 25.9. The molecule has 0 saturated heterocycles. The molecule has 3 rings (SSSR count). The second-order valence-electron chi connectivity index (χ2n) is 6.14. The first-order chi connectivity index (χ1) is 10.3. The first-order valence-electron chi connectivity index (χ1n) is 6.95. The van der Waals surface area contributed by atoms with Gasteiger partial charge in [-0.2, -0.15) is 0 Å². The number of benzene rings is 1. The minimum absolute atomic E-state index is 0.134. The summed E-state index contributed by atoms with van der Waals surface area (Å²) in [5.74, 6) is 0.353. The van der Waals surface area contributed by atoms with Crippen molar-refractivity contribution >= 4 is 59.9 Å². The Labute approximate surface area is 149 Å². The minimum atomic E-state index is -3.31. The van der Waals surface area contributed by atoms with Crippen molar-refractivity contribution in [3.63, 3.8) is 0 Å². The van der Waals surface area contributed by atoms with Gasteiger partial charge in [0.05, 0.1) is 28.0 Å². The molecule has 1 unspecified atom stereocenters. The third-order valence-corrected chi connectivity index (χ3v) is 8.56. The smallest absolute Gasteiger partial charge is 0.210 e. The lowest BCUT2D eigenvalue weighted by Gasteiger charge is -2.43. The summed E-state index contributed by atoms with van der Waals surface area (Å²) in [6, 6.07) is 5.83. The molecule has 0 amide bonds. The molecule has 0 N–H and O–H groups in total. The molecule has 1 aromatic heterocycles. The summed E-state index contributed by atoms with van der Waals surface area (Å²) in [4.78, 5) is 4.31. The topological polar surface area (TPSA) is 56.3 Å². The van der Waals surface area contributed by atoms with Gasteiger partial charge < -0.3 is 4.52 Å². The van der Waals surface area contributed by atoms with Gasteiger partial charge in [0.15, 0.2) is 0 Å². The SMILES string of the molecule is Cc1ccc2nc(S(=O)(=O)C[C@H]3C[C@](C)(OPI)C3)sc2c1. The number of aromatic nitrogens is 1. The molecule has 1 saturated carbocycles. The number of fused-ring (bicyclic) bond motifs is 1. The van der Waals surface area contributed by atoms with Gasteiger partial charge in [0.2, 0.25) is 14.2 Å². The molecule has 4 nitrogen and oxygen atoms in total. The Morgan fingerprint density at radius 2 is 2.23 bits per heavy atom. The Morgan fingerprint density at radius 1 is 1.50 bits per heavy atom. The molecule has 0 radical (unpaired) electrons. The molecular formula is C14H17INO3PS2. The van der Waals surface area contributed by atoms with Crippen LogP contribution in [-0.4, -0.2) is 24.8 Å². The number of hydrogen-bond acceptors (Lipinski definition) is 5. The highest BCUT2D eigenvalue weighted by Crippen LogP contribution is 2.47. The molecule has 2 aromatic rings. The number of nitrogens with zero attached hydrogens (tertiary/aromatic N) is 1. The molecule has 1 aromatic carbocycles. The molecule has 1 heterocycles. The van der Waals surface area contributed by atoms with Gasteiger partial charge >= 0.3 is 0 Å². The van der Waals surface area contributed by atoms with Gasteiger partial charge in [-0.3, -0.25) is 0 Å². The Hall–Kier alpha value is 0.180. The second kappa shape index (κ2) is 6.24. The van der Waals surface area contributed by atoms with Crippen LogP contribution in [-0.2, 0) is 14.4 Å². The van der Waals surface area contributed by atoms with E-state index in [2.05, 4.69) is 33.9 Å². The summed E-state index contributed by atoms with van der Waals surface area (Å²) < 4.78 is 32.0. The lowest BCUT2D eigenvalue weighted by Crippen LogP contribution is -2.44. The third-order valence-electron chi connectivity index (χ3n) is 3.97. The average Bonchev–Trinajstić information content (AvgIpc) is 2.80. The zero-order valence-electron chi connectivity index (χ0n) is 12.3. The molecule has 0 spiro atoms. The summed E-state index contributed by atoms with van der Waals surface area (Å²) in [5.41, 5.74) is 1.75. The molecule has 22 heavy (non-hydrogen) atoms. The average molecular weight is 469 g/mol. The van der Waals surface area contributed by atoms with E-state index >= 15 is 0 Å². The van der Waals surface area contributed by atoms with Gasteiger partial charge in [-0.05, 0) is 72.3 Å². The minimum Gasteiger partial charge on any atom is -0.346 e. The number of aryl methyl sites for hydroxylation is 1. The van der Waals surface area contributed by atoms with E-state index in [0.717, 1.165) is 28.6 Å². The highest BCUT2D eigenvalue weighted by atomic mass is 127. The van der Waals surface area contributed by atoms with Crippen LogP contribution in [0.4, 0.5) is 0 Å². The predicted octanol–water partition coefficient (Wildman–Crippen LogP) is 4.51. The molecule has 1 fully saturated rings. The van der Waals surface area contributed by atoms with Crippen LogP contribution in [0.15, 0.2) is 22.5 Å². The number of rotatable bonds is 5. The maximum absolute atomic E-state index is 12.6. The lowest BCUT2D eigenvalue weighted by molar-refractivity contribution is -0.0108. The standard InChI is InChI=1S/C14H17INO3PS2/c1-9-3-4-11-12(5-9)21-13(16-11)22(17,18)8-10-6-14(2,7-10)19-20-15/h3-5,10,20H,6-8H2,1-2H3/t10-,14-. The number of halogens is 1. The van der Waals surface area contributed by atoms with E-state index in [4.69, 9.17) is 4.52 Å². The second-order valence-corrected chi connectivity index (χ2v) is 11.1. The summed E-state index contributed by atoms with van der Waals surface area (Å²) in [5, 5.41) is 0. The van der Waals surface area contributed by atoms with Crippen LogP contribution in [0.1, 0.15) is 25.3 Å². The van der Waals surface area contributed by atoms with E-state index in [1.807, 2.05) is 25.1 Å². The zero-order valence-corrected chi connectivity index (χ0v) is 17.1. The van der Waals surface area contributed by atoms with Gasteiger partial charge in [0, 0.05) is 0 Å². The van der Waals surface area contributed by atoms with Crippen LogP contribution in [0.25, 0.3) is 10.2 Å². The summed E-state index contributed by atoms with van der Waals surface area (Å²) in [7, 11) is -3.31. The van der Waals surface area contributed by atoms with Crippen molar-refractivity contribution in [2.45, 2.75) is 36.6 Å². The van der Waals surface area contributed by atoms with Gasteiger partial charge in [0.1, 0.15) is 0 Å². The lowest BCUT2D eigenvalue weighted by atomic mass is 9.73. The van der Waals surface area contributed by atoms with Crippen LogP contribution >= 0.6 is 39.8 Å². The van der Waals surface area contributed by atoms with E-state index in [0.29, 0.717) is 6.45 Å². The fraction of sp³-hybridized carbons (Fsp3) is 0.500. The van der Waals surface area contributed by atoms with Gasteiger partial charge in [0.25, 0.3) is 0 Å². The molecule has 1 atom stereocenters. The predicted molar refractivity (Wildman–Crippen MR) is 101 cm³/mol. The van der Waals surface area contributed by atoms with Crippen molar-refractivity contribution < 1.29 is 12.9 Å². The third kappa shape index (κ3) is 3.48. The van der Waals surface area contributed by atoms with Crippen molar-refractivity contribution in [1.29, 1.82) is 0 Å². The van der Waals surface area contributed by atoms with Crippen molar-refractivity contribution in [2.24, 2.45) is 5.92 Å². The molecule has 1 aliphatic rings. The Balaban J connectivity index is 1.75. The van der Waals surface area contributed by atoms with E-state index in [9.17, 15) is 8.42 Å². The van der Waals surface area contributed by atoms with E-state index in [-0.39, 0.29) is 21.6 Å². The van der Waals surface area contributed by atoms with E-state index in [1.54, 1.807) is 0 Å². The number of hydrogen-bond donors (Lipinski definition) is 0. The van der Waals surface area contributed by atoms with Crippen molar-refractivity contribution in [3.05, 3.63) is 23.8 Å². The Morgan fingerprint density at radius 3 is 2.91 bits per heavy atom. The van der Waals surface area contributed by atoms with Crippen LogP contribution in [0.5, 0.6) is 0 Å². The van der Waals surface area contributed by atoms with Gasteiger partial charge in [-0.25, -0.2) is 13.4 Å². The summed E-state index contributed by atoms with van der Waals surface area (Å²) in [6.45, 7) is 4.47. The first kappa shape index (κ1) is 17.0. The number of thiazole rings is 1. The largest absolute Gasteiger partial charge is 0.346 e. The van der Waals surface area contributed by atoms with Crippen molar-refractivity contribution in [1.82, 2.24) is 4.98 Å². The first-order valence-corrected chi connectivity index (χ1v) is 13.4. The van der Waals surface area contributed by atoms with Crippen molar-refractivity contribution in [2.75, 3.05) is 5.75 Å². The van der Waals surface area contributed by atoms with Crippen LogP contribution in [0.3, 0.4) is 0 Å². The maximum Gasteiger partial charge on any atom is 0.210 e. The number of sulfone groups is 1. The highest BCUT2D eigenvalue weighted by molar-refractivity contribution is 14.2. The Bertz CT molecular complexity index is 800. The van der Waals surface area contributed by atoms with Gasteiger partial charge in [-0.15, -0.1) is 11.3 Å².